The van der Waals surface area contributed by atoms with Gasteiger partial charge in [-0.25, -0.2) is 9.07 Å². The molecule has 0 radical (unpaired) electrons. The van der Waals surface area contributed by atoms with E-state index in [-0.39, 0.29) is 24.2 Å². The molecule has 8 heteroatoms. The lowest BCUT2D eigenvalue weighted by atomic mass is 9.95. The standard InChI is InChI=1S/C25H25FN4O3/c1-28(2)24(31)22-15-29(20-9-5-6-10-21(20)33-22)25(32)23-18-7-3-4-8-19(18)30(27-23)17-13-11-16(26)12-14-17/h5-6,9-14,22H,3-4,7-8,15H2,1-2H3/t22-/m0/s1. The van der Waals surface area contributed by atoms with E-state index in [1.807, 2.05) is 18.2 Å². The number of aromatic nitrogens is 2. The van der Waals surface area contributed by atoms with Crippen LogP contribution in [0.5, 0.6) is 5.75 Å². The average molecular weight is 448 g/mol. The van der Waals surface area contributed by atoms with Gasteiger partial charge < -0.3 is 9.64 Å². The summed E-state index contributed by atoms with van der Waals surface area (Å²) in [5.74, 6) is -0.302. The van der Waals surface area contributed by atoms with Crippen molar-refractivity contribution in [1.29, 1.82) is 0 Å². The molecular weight excluding hydrogens is 423 g/mol. The average Bonchev–Trinajstić information content (AvgIpc) is 3.22. The topological polar surface area (TPSA) is 67.7 Å². The SMILES string of the molecule is CN(C)C(=O)[C@@H]1CN(C(=O)c2nn(-c3ccc(F)cc3)c3c2CCCC3)c2ccccc2O1. The number of nitrogens with zero attached hydrogens (tertiary/aromatic N) is 4. The Balaban J connectivity index is 1.57. The monoisotopic (exact) mass is 448 g/mol. The molecule has 0 saturated carbocycles. The van der Waals surface area contributed by atoms with Crippen LogP contribution < -0.4 is 9.64 Å². The number of hydrogen-bond acceptors (Lipinski definition) is 4. The lowest BCUT2D eigenvalue weighted by molar-refractivity contribution is -0.135. The van der Waals surface area contributed by atoms with Gasteiger partial charge in [-0.05, 0) is 62.1 Å². The van der Waals surface area contributed by atoms with Gasteiger partial charge in [-0.3, -0.25) is 14.5 Å². The minimum atomic E-state index is -0.797. The van der Waals surface area contributed by atoms with Crippen molar-refractivity contribution in [3.63, 3.8) is 0 Å². The lowest BCUT2D eigenvalue weighted by Gasteiger charge is -2.35. The first kappa shape index (κ1) is 21.2. The molecule has 0 N–H and O–H groups in total. The zero-order chi connectivity index (χ0) is 23.1. The van der Waals surface area contributed by atoms with Crippen LogP contribution in [0.25, 0.3) is 5.69 Å². The fourth-order valence-electron chi connectivity index (χ4n) is 4.54. The summed E-state index contributed by atoms with van der Waals surface area (Å²) in [6, 6.07) is 13.3. The zero-order valence-electron chi connectivity index (χ0n) is 18.6. The number of carbonyl (C=O) groups excluding carboxylic acids is 2. The Kier molecular flexibility index (Phi) is 5.36. The van der Waals surface area contributed by atoms with E-state index in [4.69, 9.17) is 9.84 Å². The van der Waals surface area contributed by atoms with Crippen LogP contribution in [0.4, 0.5) is 10.1 Å². The van der Waals surface area contributed by atoms with Crippen molar-refractivity contribution in [3.05, 3.63) is 71.3 Å². The first-order valence-electron chi connectivity index (χ1n) is 11.1. The number of carbonyl (C=O) groups is 2. The number of likely N-dealkylation sites (N-methyl/N-ethyl adjacent to an activating group) is 1. The lowest BCUT2D eigenvalue weighted by Crippen LogP contribution is -2.50. The van der Waals surface area contributed by atoms with Crippen LogP contribution in [0.3, 0.4) is 0 Å². The van der Waals surface area contributed by atoms with Crippen LogP contribution in [0.1, 0.15) is 34.6 Å². The van der Waals surface area contributed by atoms with E-state index in [0.29, 0.717) is 17.1 Å². The predicted octanol–water partition coefficient (Wildman–Crippen LogP) is 3.39. The molecule has 2 heterocycles. The minimum absolute atomic E-state index is 0.102. The van der Waals surface area contributed by atoms with Gasteiger partial charge in [0.25, 0.3) is 11.8 Å². The second kappa shape index (κ2) is 8.35. The maximum Gasteiger partial charge on any atom is 0.279 e. The Bertz CT molecular complexity index is 1220. The zero-order valence-corrected chi connectivity index (χ0v) is 18.6. The van der Waals surface area contributed by atoms with Gasteiger partial charge in [0, 0.05) is 25.4 Å². The molecule has 2 amide bonds. The van der Waals surface area contributed by atoms with Gasteiger partial charge in [-0.1, -0.05) is 12.1 Å². The molecule has 7 nitrogen and oxygen atoms in total. The highest BCUT2D eigenvalue weighted by Gasteiger charge is 2.37. The van der Waals surface area contributed by atoms with Crippen LogP contribution in [0.2, 0.25) is 0 Å². The molecule has 2 aliphatic rings. The predicted molar refractivity (Wildman–Crippen MR) is 121 cm³/mol. The highest BCUT2D eigenvalue weighted by atomic mass is 19.1. The summed E-state index contributed by atoms with van der Waals surface area (Å²) >= 11 is 0. The number of halogens is 1. The molecule has 1 aromatic heterocycles. The van der Waals surface area contributed by atoms with Crippen LogP contribution in [0, 0.1) is 5.82 Å². The molecule has 0 spiro atoms. The van der Waals surface area contributed by atoms with Gasteiger partial charge in [0.1, 0.15) is 11.6 Å². The summed E-state index contributed by atoms with van der Waals surface area (Å²) in [6.07, 6.45) is 2.74. The molecule has 170 valence electrons. The molecular formula is C25H25FN4O3. The van der Waals surface area contributed by atoms with Crippen molar-refractivity contribution in [1.82, 2.24) is 14.7 Å². The molecule has 3 aromatic rings. The molecule has 0 unspecified atom stereocenters. The number of anilines is 1. The smallest absolute Gasteiger partial charge is 0.279 e. The molecule has 1 aliphatic carbocycles. The van der Waals surface area contributed by atoms with E-state index in [0.717, 1.165) is 42.6 Å². The Morgan fingerprint density at radius 1 is 1.06 bits per heavy atom. The fourth-order valence-corrected chi connectivity index (χ4v) is 4.54. The third-order valence-electron chi connectivity index (χ3n) is 6.19. The Morgan fingerprint density at radius 2 is 1.79 bits per heavy atom. The number of fused-ring (bicyclic) bond motifs is 2. The fraction of sp³-hybridized carbons (Fsp3) is 0.320. The summed E-state index contributed by atoms with van der Waals surface area (Å²) in [5, 5.41) is 4.71. The number of benzene rings is 2. The second-order valence-corrected chi connectivity index (χ2v) is 8.59. The molecule has 0 bridgehead atoms. The van der Waals surface area contributed by atoms with E-state index < -0.39 is 6.10 Å². The first-order chi connectivity index (χ1) is 15.9. The number of amides is 2. The molecule has 1 atom stereocenters. The number of hydrogen-bond donors (Lipinski definition) is 0. The van der Waals surface area contributed by atoms with E-state index in [1.54, 1.807) is 41.9 Å². The van der Waals surface area contributed by atoms with Crippen molar-refractivity contribution in [2.24, 2.45) is 0 Å². The van der Waals surface area contributed by atoms with Crippen molar-refractivity contribution >= 4 is 17.5 Å². The summed E-state index contributed by atoms with van der Waals surface area (Å²) in [7, 11) is 3.33. The molecule has 5 rings (SSSR count). The van der Waals surface area contributed by atoms with Crippen molar-refractivity contribution in [3.8, 4) is 11.4 Å². The summed E-state index contributed by atoms with van der Waals surface area (Å²) in [4.78, 5) is 29.6. The summed E-state index contributed by atoms with van der Waals surface area (Å²) in [5.41, 5.74) is 3.62. The first-order valence-corrected chi connectivity index (χ1v) is 11.1. The number of para-hydroxylation sites is 2. The van der Waals surface area contributed by atoms with Crippen molar-refractivity contribution < 1.29 is 18.7 Å². The molecule has 0 saturated heterocycles. The van der Waals surface area contributed by atoms with Crippen LogP contribution >= 0.6 is 0 Å². The number of ether oxygens (including phenoxy) is 1. The molecule has 33 heavy (non-hydrogen) atoms. The van der Waals surface area contributed by atoms with Gasteiger partial charge >= 0.3 is 0 Å². The maximum atomic E-state index is 13.9. The third-order valence-corrected chi connectivity index (χ3v) is 6.19. The van der Waals surface area contributed by atoms with Crippen molar-refractivity contribution in [2.45, 2.75) is 31.8 Å². The Morgan fingerprint density at radius 3 is 2.55 bits per heavy atom. The minimum Gasteiger partial charge on any atom is -0.476 e. The van der Waals surface area contributed by atoms with Gasteiger partial charge in [-0.15, -0.1) is 0 Å². The molecule has 2 aromatic carbocycles. The van der Waals surface area contributed by atoms with Crippen LogP contribution in [-0.4, -0.2) is 53.2 Å². The quantitative estimate of drug-likeness (QED) is 0.616. The van der Waals surface area contributed by atoms with Crippen LogP contribution in [-0.2, 0) is 17.6 Å². The Hall–Kier alpha value is -3.68. The molecule has 0 fully saturated rings. The largest absolute Gasteiger partial charge is 0.476 e. The third kappa shape index (κ3) is 3.75. The van der Waals surface area contributed by atoms with E-state index in [2.05, 4.69) is 0 Å². The van der Waals surface area contributed by atoms with Gasteiger partial charge in [0.15, 0.2) is 11.8 Å². The van der Waals surface area contributed by atoms with E-state index in [9.17, 15) is 14.0 Å². The maximum absolute atomic E-state index is 13.9. The van der Waals surface area contributed by atoms with E-state index in [1.165, 1.54) is 17.0 Å². The van der Waals surface area contributed by atoms with Gasteiger partial charge in [-0.2, -0.15) is 5.10 Å². The van der Waals surface area contributed by atoms with Gasteiger partial charge in [0.05, 0.1) is 17.9 Å². The number of rotatable bonds is 3. The van der Waals surface area contributed by atoms with Crippen LogP contribution in [0.15, 0.2) is 48.5 Å². The highest BCUT2D eigenvalue weighted by molar-refractivity contribution is 6.07. The Labute approximate surface area is 191 Å². The highest BCUT2D eigenvalue weighted by Crippen LogP contribution is 2.36. The normalized spacial score (nSPS) is 17.1. The molecule has 1 aliphatic heterocycles. The van der Waals surface area contributed by atoms with E-state index >= 15 is 0 Å². The summed E-state index contributed by atoms with van der Waals surface area (Å²) < 4.78 is 21.2. The van der Waals surface area contributed by atoms with Crippen molar-refractivity contribution in [2.75, 3.05) is 25.5 Å². The van der Waals surface area contributed by atoms with Gasteiger partial charge in [0.2, 0.25) is 0 Å². The summed E-state index contributed by atoms with van der Waals surface area (Å²) in [6.45, 7) is 0.102. The second-order valence-electron chi connectivity index (χ2n) is 8.59.